The van der Waals surface area contributed by atoms with Crippen molar-refractivity contribution in [1.82, 2.24) is 3.97 Å². The number of hydrogen-bond acceptors (Lipinski definition) is 3. The van der Waals surface area contributed by atoms with Crippen LogP contribution in [0.1, 0.15) is 12.6 Å². The molecule has 0 saturated carbocycles. The minimum atomic E-state index is -3.81. The molecule has 3 aromatic rings. The fourth-order valence-electron chi connectivity index (χ4n) is 2.68. The van der Waals surface area contributed by atoms with Gasteiger partial charge in [0, 0.05) is 15.4 Å². The first-order chi connectivity index (χ1) is 11.4. The first-order valence-electron chi connectivity index (χ1n) is 7.30. The first-order valence-corrected chi connectivity index (χ1v) is 9.50. The molecule has 0 aliphatic rings. The van der Waals surface area contributed by atoms with Gasteiger partial charge in [-0.25, -0.2) is 12.4 Å². The van der Waals surface area contributed by atoms with Crippen LogP contribution < -0.4 is 4.74 Å². The van der Waals surface area contributed by atoms with Gasteiger partial charge >= 0.3 is 0 Å². The van der Waals surface area contributed by atoms with Crippen molar-refractivity contribution in [2.24, 2.45) is 0 Å². The zero-order chi connectivity index (χ0) is 17.5. The molecule has 0 N–H and O–H groups in total. The zero-order valence-electron chi connectivity index (χ0n) is 13.1. The van der Waals surface area contributed by atoms with Crippen molar-refractivity contribution in [2.45, 2.75) is 18.7 Å². The number of fused-ring (bicyclic) bond motifs is 1. The van der Waals surface area contributed by atoms with Crippen molar-refractivity contribution in [3.63, 3.8) is 0 Å². The molecule has 0 radical (unpaired) electrons. The summed E-state index contributed by atoms with van der Waals surface area (Å²) in [6, 6.07) is 11.2. The molecule has 126 valence electrons. The predicted octanol–water partition coefficient (Wildman–Crippen LogP) is 4.89. The molecule has 1 aromatic heterocycles. The second kappa shape index (κ2) is 6.31. The number of nitrogens with zero attached hydrogens (tertiary/aromatic N) is 1. The molecule has 0 spiro atoms. The number of hydrogen-bond donors (Lipinski definition) is 0. The second-order valence-electron chi connectivity index (χ2n) is 5.23. The van der Waals surface area contributed by atoms with Gasteiger partial charge in [0.1, 0.15) is 5.75 Å². The molecule has 0 aliphatic carbocycles. The third kappa shape index (κ3) is 2.77. The van der Waals surface area contributed by atoms with Crippen LogP contribution in [0, 0.1) is 6.92 Å². The summed E-state index contributed by atoms with van der Waals surface area (Å²) in [5.74, 6) is 0.543. The monoisotopic (exact) mass is 383 g/mol. The van der Waals surface area contributed by atoms with Crippen molar-refractivity contribution in [3.05, 3.63) is 58.2 Å². The van der Waals surface area contributed by atoms with Crippen LogP contribution in [0.2, 0.25) is 10.0 Å². The average Bonchev–Trinajstić information content (AvgIpc) is 2.80. The first kappa shape index (κ1) is 17.1. The second-order valence-corrected chi connectivity index (χ2v) is 7.89. The molecule has 3 rings (SSSR count). The lowest BCUT2D eigenvalue weighted by molar-refractivity contribution is 0.341. The summed E-state index contributed by atoms with van der Waals surface area (Å²) in [6.45, 7) is 4.00. The summed E-state index contributed by atoms with van der Waals surface area (Å²) in [5, 5.41) is 1.63. The lowest BCUT2D eigenvalue weighted by Gasteiger charge is -2.10. The van der Waals surface area contributed by atoms with Gasteiger partial charge in [-0.15, -0.1) is 0 Å². The van der Waals surface area contributed by atoms with E-state index in [1.165, 1.54) is 16.1 Å². The molecule has 0 saturated heterocycles. The summed E-state index contributed by atoms with van der Waals surface area (Å²) in [7, 11) is -3.81. The van der Waals surface area contributed by atoms with Gasteiger partial charge in [0.25, 0.3) is 10.0 Å². The van der Waals surface area contributed by atoms with Crippen molar-refractivity contribution in [3.8, 4) is 5.75 Å². The largest absolute Gasteiger partial charge is 0.491 e. The third-order valence-electron chi connectivity index (χ3n) is 3.70. The lowest BCUT2D eigenvalue weighted by atomic mass is 10.2. The molecule has 0 unspecified atom stereocenters. The van der Waals surface area contributed by atoms with Gasteiger partial charge in [-0.3, -0.25) is 0 Å². The van der Waals surface area contributed by atoms with Crippen LogP contribution in [-0.4, -0.2) is 19.0 Å². The Labute approximate surface area is 150 Å². The minimum absolute atomic E-state index is 0.148. The topological polar surface area (TPSA) is 48.3 Å². The highest BCUT2D eigenvalue weighted by Crippen LogP contribution is 2.37. The Bertz CT molecular complexity index is 1010. The standard InChI is InChI=1S/C17H15Cl2NO3S/c1-3-23-17-11(2)20(16-10-13(19)6-9-15(16)17)24(21,22)14-7-4-12(18)5-8-14/h4-10H,3H2,1-2H3. The van der Waals surface area contributed by atoms with Gasteiger partial charge < -0.3 is 4.74 Å². The van der Waals surface area contributed by atoms with E-state index in [1.54, 1.807) is 37.3 Å². The molecule has 7 heteroatoms. The van der Waals surface area contributed by atoms with Gasteiger partial charge in [0.05, 0.1) is 22.7 Å². The lowest BCUT2D eigenvalue weighted by Crippen LogP contribution is -2.14. The van der Waals surface area contributed by atoms with E-state index in [2.05, 4.69) is 0 Å². The molecule has 0 aliphatic heterocycles. The van der Waals surface area contributed by atoms with Gasteiger partial charge in [0.15, 0.2) is 0 Å². The molecular formula is C17H15Cl2NO3S. The van der Waals surface area contributed by atoms with Crippen LogP contribution in [0.15, 0.2) is 47.4 Å². The maximum atomic E-state index is 13.1. The maximum Gasteiger partial charge on any atom is 0.268 e. The quantitative estimate of drug-likeness (QED) is 0.643. The van der Waals surface area contributed by atoms with Gasteiger partial charge in [0.2, 0.25) is 0 Å². The summed E-state index contributed by atoms with van der Waals surface area (Å²) in [6.07, 6.45) is 0. The van der Waals surface area contributed by atoms with Gasteiger partial charge in [-0.2, -0.15) is 0 Å². The van der Waals surface area contributed by atoms with E-state index in [4.69, 9.17) is 27.9 Å². The summed E-state index contributed by atoms with van der Waals surface area (Å²) < 4.78 is 33.2. The highest BCUT2D eigenvalue weighted by molar-refractivity contribution is 7.90. The van der Waals surface area contributed by atoms with E-state index in [1.807, 2.05) is 6.92 Å². The summed E-state index contributed by atoms with van der Waals surface area (Å²) in [4.78, 5) is 0.148. The molecule has 4 nitrogen and oxygen atoms in total. The van der Waals surface area contributed by atoms with Gasteiger partial charge in [-0.1, -0.05) is 23.2 Å². The number of aromatic nitrogens is 1. The highest BCUT2D eigenvalue weighted by Gasteiger charge is 2.25. The Hall–Kier alpha value is -1.69. The number of benzene rings is 2. The number of halogens is 2. The Balaban J connectivity index is 2.34. The van der Waals surface area contributed by atoms with Crippen LogP contribution in [0.5, 0.6) is 5.75 Å². The average molecular weight is 384 g/mol. The fraction of sp³-hybridized carbons (Fsp3) is 0.176. The number of rotatable bonds is 4. The number of ether oxygens (including phenoxy) is 1. The van der Waals surface area contributed by atoms with Crippen molar-refractivity contribution < 1.29 is 13.2 Å². The summed E-state index contributed by atoms with van der Waals surface area (Å²) in [5.41, 5.74) is 0.988. The Morgan fingerprint density at radius 1 is 1.04 bits per heavy atom. The molecule has 1 heterocycles. The molecule has 0 bridgehead atoms. The van der Waals surface area contributed by atoms with Crippen LogP contribution in [-0.2, 0) is 10.0 Å². The van der Waals surface area contributed by atoms with Crippen LogP contribution >= 0.6 is 23.2 Å². The predicted molar refractivity (Wildman–Crippen MR) is 96.9 cm³/mol. The van der Waals surface area contributed by atoms with Crippen LogP contribution in [0.3, 0.4) is 0 Å². The molecule has 2 aromatic carbocycles. The van der Waals surface area contributed by atoms with Crippen molar-refractivity contribution in [1.29, 1.82) is 0 Å². The van der Waals surface area contributed by atoms with E-state index in [-0.39, 0.29) is 4.90 Å². The summed E-state index contributed by atoms with van der Waals surface area (Å²) >= 11 is 11.9. The molecule has 0 amide bonds. The van der Waals surface area contributed by atoms with E-state index in [9.17, 15) is 8.42 Å². The molecule has 24 heavy (non-hydrogen) atoms. The Morgan fingerprint density at radius 2 is 1.67 bits per heavy atom. The van der Waals surface area contributed by atoms with E-state index >= 15 is 0 Å². The van der Waals surface area contributed by atoms with Crippen molar-refractivity contribution >= 4 is 44.1 Å². The maximum absolute atomic E-state index is 13.1. The van der Waals surface area contributed by atoms with Gasteiger partial charge in [-0.05, 0) is 56.3 Å². The smallest absolute Gasteiger partial charge is 0.268 e. The van der Waals surface area contributed by atoms with Crippen LogP contribution in [0.25, 0.3) is 10.9 Å². The Kier molecular flexibility index (Phi) is 4.51. The third-order valence-corrected chi connectivity index (χ3v) is 6.00. The highest BCUT2D eigenvalue weighted by atomic mass is 35.5. The zero-order valence-corrected chi connectivity index (χ0v) is 15.4. The molecular weight excluding hydrogens is 369 g/mol. The fourth-order valence-corrected chi connectivity index (χ4v) is 4.52. The normalized spacial score (nSPS) is 11.8. The van der Waals surface area contributed by atoms with Crippen LogP contribution in [0.4, 0.5) is 0 Å². The SMILES string of the molecule is CCOc1c(C)n(S(=O)(=O)c2ccc(Cl)cc2)c2cc(Cl)ccc12. The van der Waals surface area contributed by atoms with E-state index in [0.29, 0.717) is 39.0 Å². The molecule has 0 atom stereocenters. The Morgan fingerprint density at radius 3 is 2.29 bits per heavy atom. The van der Waals surface area contributed by atoms with E-state index < -0.39 is 10.0 Å². The van der Waals surface area contributed by atoms with E-state index in [0.717, 1.165) is 0 Å². The van der Waals surface area contributed by atoms with Crippen molar-refractivity contribution in [2.75, 3.05) is 6.61 Å². The minimum Gasteiger partial charge on any atom is -0.491 e. The molecule has 0 fully saturated rings.